The van der Waals surface area contributed by atoms with E-state index >= 15 is 0 Å². The van der Waals surface area contributed by atoms with E-state index in [-0.39, 0.29) is 29.4 Å². The number of likely N-dealkylation sites (tertiary alicyclic amines) is 1. The molecular weight excluding hydrogens is 509 g/mol. The Hall–Kier alpha value is -3.65. The molecule has 2 heterocycles. The Labute approximate surface area is 225 Å². The molecule has 2 amide bonds. The Morgan fingerprint density at radius 2 is 2.00 bits per heavy atom. The fourth-order valence-electron chi connectivity index (χ4n) is 5.59. The molecule has 1 N–H and O–H groups in total. The second-order valence-electron chi connectivity index (χ2n) is 10.0. The van der Waals surface area contributed by atoms with Gasteiger partial charge in [0.05, 0.1) is 18.6 Å². The largest absolute Gasteiger partial charge is 0.494 e. The van der Waals surface area contributed by atoms with Gasteiger partial charge in [-0.3, -0.25) is 9.59 Å². The van der Waals surface area contributed by atoms with Crippen LogP contribution in [0.15, 0.2) is 60.8 Å². The van der Waals surface area contributed by atoms with Crippen LogP contribution in [0.1, 0.15) is 35.2 Å². The standard InChI is InChI=1S/C29H29ClFN3O4/c1-37-25-10-4-19(13-24(25)31)14-26(35)33-17-29-12-2-3-21(29)16-34(18-29)28(36)20-5-8-23(9-6-20)38-27-11-7-22(30)15-32-27/h4-11,13,15,21H,2-3,12,14,16-18H2,1H3,(H,33,35)/t21-,29-/m0/s1. The molecule has 0 spiro atoms. The number of nitrogens with zero attached hydrogens (tertiary/aromatic N) is 2. The summed E-state index contributed by atoms with van der Waals surface area (Å²) in [4.78, 5) is 32.0. The molecule has 2 aliphatic rings. The number of ether oxygens (including phenoxy) is 2. The molecule has 1 aliphatic heterocycles. The molecule has 1 aliphatic carbocycles. The van der Waals surface area contributed by atoms with Crippen LogP contribution in [0.5, 0.6) is 17.4 Å². The topological polar surface area (TPSA) is 80.8 Å². The van der Waals surface area contributed by atoms with E-state index in [1.165, 1.54) is 25.4 Å². The van der Waals surface area contributed by atoms with Gasteiger partial charge < -0.3 is 19.7 Å². The lowest BCUT2D eigenvalue weighted by Crippen LogP contribution is -2.41. The van der Waals surface area contributed by atoms with Gasteiger partial charge in [-0.1, -0.05) is 24.1 Å². The van der Waals surface area contributed by atoms with Crippen molar-refractivity contribution in [3.05, 3.63) is 82.8 Å². The molecule has 3 aromatic rings. The van der Waals surface area contributed by atoms with E-state index < -0.39 is 5.82 Å². The van der Waals surface area contributed by atoms with Crippen molar-refractivity contribution in [3.8, 4) is 17.4 Å². The number of fused-ring (bicyclic) bond motifs is 1. The van der Waals surface area contributed by atoms with Crippen LogP contribution in [0.25, 0.3) is 0 Å². The van der Waals surface area contributed by atoms with Gasteiger partial charge in [0.1, 0.15) is 5.75 Å². The number of hydrogen-bond acceptors (Lipinski definition) is 5. The number of halogens is 2. The van der Waals surface area contributed by atoms with Crippen LogP contribution in [-0.2, 0) is 11.2 Å². The summed E-state index contributed by atoms with van der Waals surface area (Å²) in [5.74, 6) is 0.799. The number of carbonyl (C=O) groups is 2. The highest BCUT2D eigenvalue weighted by Crippen LogP contribution is 2.48. The first kappa shape index (κ1) is 26.0. The van der Waals surface area contributed by atoms with Crippen LogP contribution in [-0.4, -0.2) is 48.4 Å². The highest BCUT2D eigenvalue weighted by molar-refractivity contribution is 6.30. The number of amides is 2. The van der Waals surface area contributed by atoms with Gasteiger partial charge >= 0.3 is 0 Å². The highest BCUT2D eigenvalue weighted by atomic mass is 35.5. The minimum atomic E-state index is -0.488. The lowest BCUT2D eigenvalue weighted by molar-refractivity contribution is -0.121. The first-order valence-electron chi connectivity index (χ1n) is 12.6. The Bertz CT molecular complexity index is 1320. The van der Waals surface area contributed by atoms with Crippen LogP contribution in [0, 0.1) is 17.2 Å². The van der Waals surface area contributed by atoms with Crippen molar-refractivity contribution >= 4 is 23.4 Å². The summed E-state index contributed by atoms with van der Waals surface area (Å²) in [7, 11) is 1.40. The van der Waals surface area contributed by atoms with Gasteiger partial charge in [0.25, 0.3) is 5.91 Å². The van der Waals surface area contributed by atoms with Crippen molar-refractivity contribution in [1.82, 2.24) is 15.2 Å². The molecule has 0 radical (unpaired) electrons. The molecule has 5 rings (SSSR count). The van der Waals surface area contributed by atoms with E-state index in [1.807, 2.05) is 4.90 Å². The summed E-state index contributed by atoms with van der Waals surface area (Å²) in [6, 6.07) is 14.9. The van der Waals surface area contributed by atoms with Crippen LogP contribution >= 0.6 is 11.6 Å². The van der Waals surface area contributed by atoms with Gasteiger partial charge in [0.2, 0.25) is 11.8 Å². The highest BCUT2D eigenvalue weighted by Gasteiger charge is 2.50. The molecular formula is C29H29ClFN3O4. The quantitative estimate of drug-likeness (QED) is 0.423. The average Bonchev–Trinajstić information content (AvgIpc) is 3.47. The summed E-state index contributed by atoms with van der Waals surface area (Å²) in [6.45, 7) is 1.77. The van der Waals surface area contributed by atoms with Gasteiger partial charge in [-0.25, -0.2) is 9.37 Å². The molecule has 1 aromatic heterocycles. The summed E-state index contributed by atoms with van der Waals surface area (Å²) in [5.41, 5.74) is 1.03. The maximum absolute atomic E-state index is 14.0. The zero-order chi connectivity index (χ0) is 26.7. The predicted molar refractivity (Wildman–Crippen MR) is 141 cm³/mol. The summed E-state index contributed by atoms with van der Waals surface area (Å²) >= 11 is 5.86. The summed E-state index contributed by atoms with van der Waals surface area (Å²) < 4.78 is 24.7. The number of rotatable bonds is 8. The molecule has 7 nitrogen and oxygen atoms in total. The SMILES string of the molecule is COc1ccc(CC(=O)NC[C@]23CCC[C@H]2CN(C(=O)c2ccc(Oc4ccc(Cl)cn4)cc2)C3)cc1F. The molecule has 2 atom stereocenters. The van der Waals surface area contributed by atoms with Gasteiger partial charge in [-0.2, -0.15) is 0 Å². The van der Waals surface area contributed by atoms with Gasteiger partial charge in [-0.15, -0.1) is 0 Å². The minimum absolute atomic E-state index is 0.0324. The Morgan fingerprint density at radius 1 is 1.18 bits per heavy atom. The first-order valence-corrected chi connectivity index (χ1v) is 13.0. The van der Waals surface area contributed by atoms with E-state index in [1.54, 1.807) is 42.5 Å². The zero-order valence-electron chi connectivity index (χ0n) is 21.1. The van der Waals surface area contributed by atoms with E-state index in [4.69, 9.17) is 21.1 Å². The molecule has 2 aromatic carbocycles. The lowest BCUT2D eigenvalue weighted by atomic mass is 9.80. The fourth-order valence-corrected chi connectivity index (χ4v) is 5.70. The van der Waals surface area contributed by atoms with Gasteiger partial charge in [0, 0.05) is 42.9 Å². The van der Waals surface area contributed by atoms with Crippen molar-refractivity contribution in [3.63, 3.8) is 0 Å². The van der Waals surface area contributed by atoms with Crippen molar-refractivity contribution in [1.29, 1.82) is 0 Å². The maximum Gasteiger partial charge on any atom is 0.253 e. The van der Waals surface area contributed by atoms with Gasteiger partial charge in [-0.05, 0) is 66.8 Å². The zero-order valence-corrected chi connectivity index (χ0v) is 21.8. The second kappa shape index (κ2) is 11.0. The third-order valence-electron chi connectivity index (χ3n) is 7.57. The van der Waals surface area contributed by atoms with Crippen LogP contribution in [0.4, 0.5) is 4.39 Å². The normalized spacial score (nSPS) is 20.2. The number of methoxy groups -OCH3 is 1. The molecule has 0 bridgehead atoms. The molecule has 198 valence electrons. The van der Waals surface area contributed by atoms with E-state index in [9.17, 15) is 14.0 Å². The Morgan fingerprint density at radius 3 is 2.71 bits per heavy atom. The third-order valence-corrected chi connectivity index (χ3v) is 7.79. The fraction of sp³-hybridized carbons (Fsp3) is 0.345. The smallest absolute Gasteiger partial charge is 0.253 e. The van der Waals surface area contributed by atoms with Crippen LogP contribution in [0.2, 0.25) is 5.02 Å². The minimum Gasteiger partial charge on any atom is -0.494 e. The molecule has 2 fully saturated rings. The van der Waals surface area contributed by atoms with Crippen LogP contribution < -0.4 is 14.8 Å². The molecule has 9 heteroatoms. The van der Waals surface area contributed by atoms with Crippen molar-refractivity contribution in [2.45, 2.75) is 25.7 Å². The summed E-state index contributed by atoms with van der Waals surface area (Å²) in [6.07, 6.45) is 4.67. The lowest BCUT2D eigenvalue weighted by Gasteiger charge is -2.29. The van der Waals surface area contributed by atoms with Crippen molar-refractivity contribution in [2.24, 2.45) is 11.3 Å². The number of pyridine rings is 1. The van der Waals surface area contributed by atoms with Gasteiger partial charge in [0.15, 0.2) is 11.6 Å². The third kappa shape index (κ3) is 5.60. The first-order chi connectivity index (χ1) is 18.3. The van der Waals surface area contributed by atoms with E-state index in [0.717, 1.165) is 19.3 Å². The number of carbonyl (C=O) groups excluding carboxylic acids is 2. The number of nitrogens with one attached hydrogen (secondary N) is 1. The maximum atomic E-state index is 14.0. The monoisotopic (exact) mass is 537 g/mol. The average molecular weight is 538 g/mol. The number of hydrogen-bond donors (Lipinski definition) is 1. The number of benzene rings is 2. The Kier molecular flexibility index (Phi) is 7.51. The molecule has 1 saturated carbocycles. The molecule has 0 unspecified atom stereocenters. The number of aromatic nitrogens is 1. The summed E-state index contributed by atoms with van der Waals surface area (Å²) in [5, 5.41) is 3.58. The van der Waals surface area contributed by atoms with E-state index in [0.29, 0.717) is 53.3 Å². The van der Waals surface area contributed by atoms with E-state index in [2.05, 4.69) is 10.3 Å². The second-order valence-corrected chi connectivity index (χ2v) is 10.4. The van der Waals surface area contributed by atoms with Crippen LogP contribution in [0.3, 0.4) is 0 Å². The van der Waals surface area contributed by atoms with Crippen molar-refractivity contribution < 1.29 is 23.5 Å². The predicted octanol–water partition coefficient (Wildman–Crippen LogP) is 5.28. The Balaban J connectivity index is 1.18. The molecule has 1 saturated heterocycles. The van der Waals surface area contributed by atoms with Crippen molar-refractivity contribution in [2.75, 3.05) is 26.7 Å². The molecule has 38 heavy (non-hydrogen) atoms.